The molecule has 0 atom stereocenters. The monoisotopic (exact) mass is 411 g/mol. The first kappa shape index (κ1) is 16.3. The number of aromatic nitrogens is 1. The maximum absolute atomic E-state index is 3.56. The van der Waals surface area contributed by atoms with Gasteiger partial charge in [-0.2, -0.15) is 0 Å². The van der Waals surface area contributed by atoms with Crippen LogP contribution >= 0.6 is 15.9 Å². The fourth-order valence-corrected chi connectivity index (χ4v) is 4.33. The van der Waals surface area contributed by atoms with E-state index in [1.54, 1.807) is 0 Å². The quantitative estimate of drug-likeness (QED) is 0.284. The van der Waals surface area contributed by atoms with Crippen molar-refractivity contribution in [2.24, 2.45) is 7.05 Å². The zero-order valence-electron chi connectivity index (χ0n) is 15.0. The molecule has 2 heteroatoms. The SMILES string of the molecule is Cn1c(-c2ccccc2)c(-c2ccc(Br)cc2)c2ccc3ccccc3c21. The molecule has 0 saturated heterocycles. The first-order chi connectivity index (χ1) is 13.2. The summed E-state index contributed by atoms with van der Waals surface area (Å²) < 4.78 is 3.45. The third kappa shape index (κ3) is 2.60. The van der Waals surface area contributed by atoms with E-state index in [0.29, 0.717) is 0 Å². The van der Waals surface area contributed by atoms with Crippen LogP contribution in [0.5, 0.6) is 0 Å². The number of aryl methyl sites for hydroxylation is 1. The lowest BCUT2D eigenvalue weighted by Crippen LogP contribution is -1.93. The van der Waals surface area contributed by atoms with Gasteiger partial charge in [-0.25, -0.2) is 0 Å². The molecule has 0 aliphatic rings. The number of nitrogens with zero attached hydrogens (tertiary/aromatic N) is 1. The van der Waals surface area contributed by atoms with Crippen LogP contribution in [0.2, 0.25) is 0 Å². The minimum atomic E-state index is 1.10. The van der Waals surface area contributed by atoms with E-state index in [-0.39, 0.29) is 0 Å². The summed E-state index contributed by atoms with van der Waals surface area (Å²) in [5.41, 5.74) is 6.29. The average Bonchev–Trinajstić information content (AvgIpc) is 3.02. The van der Waals surface area contributed by atoms with E-state index in [4.69, 9.17) is 0 Å². The van der Waals surface area contributed by atoms with Crippen LogP contribution in [0, 0.1) is 0 Å². The van der Waals surface area contributed by atoms with E-state index in [2.05, 4.69) is 119 Å². The minimum absolute atomic E-state index is 1.10. The van der Waals surface area contributed by atoms with Gasteiger partial charge in [0, 0.05) is 27.9 Å². The Hall–Kier alpha value is -2.84. The van der Waals surface area contributed by atoms with Crippen LogP contribution in [0.4, 0.5) is 0 Å². The van der Waals surface area contributed by atoms with Gasteiger partial charge in [0.05, 0.1) is 11.2 Å². The summed E-state index contributed by atoms with van der Waals surface area (Å²) in [6, 6.07) is 32.4. The molecule has 1 heterocycles. The highest BCUT2D eigenvalue weighted by molar-refractivity contribution is 9.10. The van der Waals surface area contributed by atoms with E-state index < -0.39 is 0 Å². The standard InChI is InChI=1S/C25H18BrN/c1-27-24(19-8-3-2-4-9-19)23(18-11-14-20(26)15-12-18)22-16-13-17-7-5-6-10-21(17)25(22)27/h2-16H,1H3. The molecular weight excluding hydrogens is 394 g/mol. The van der Waals surface area contributed by atoms with Gasteiger partial charge in [-0.3, -0.25) is 0 Å². The molecule has 0 unspecified atom stereocenters. The van der Waals surface area contributed by atoms with Gasteiger partial charge >= 0.3 is 0 Å². The molecule has 0 aliphatic heterocycles. The van der Waals surface area contributed by atoms with Crippen molar-refractivity contribution < 1.29 is 0 Å². The molecule has 0 bridgehead atoms. The number of rotatable bonds is 2. The summed E-state index contributed by atoms with van der Waals surface area (Å²) in [5, 5.41) is 3.85. The Kier molecular flexibility index (Phi) is 3.87. The highest BCUT2D eigenvalue weighted by Gasteiger charge is 2.19. The number of hydrogen-bond acceptors (Lipinski definition) is 0. The number of fused-ring (bicyclic) bond motifs is 3. The second-order valence-corrected chi connectivity index (χ2v) is 7.75. The van der Waals surface area contributed by atoms with Crippen molar-refractivity contribution in [3.05, 3.63) is 95.5 Å². The first-order valence-electron chi connectivity index (χ1n) is 9.05. The van der Waals surface area contributed by atoms with E-state index in [1.165, 1.54) is 44.1 Å². The van der Waals surface area contributed by atoms with Crippen LogP contribution in [0.1, 0.15) is 0 Å². The molecule has 4 aromatic carbocycles. The van der Waals surface area contributed by atoms with Crippen molar-refractivity contribution in [1.29, 1.82) is 0 Å². The molecular formula is C25H18BrN. The molecule has 27 heavy (non-hydrogen) atoms. The predicted molar refractivity (Wildman–Crippen MR) is 119 cm³/mol. The third-order valence-corrected chi connectivity index (χ3v) is 5.79. The van der Waals surface area contributed by atoms with Crippen molar-refractivity contribution in [1.82, 2.24) is 4.57 Å². The largest absolute Gasteiger partial charge is 0.343 e. The minimum Gasteiger partial charge on any atom is -0.343 e. The van der Waals surface area contributed by atoms with Crippen molar-refractivity contribution in [2.45, 2.75) is 0 Å². The van der Waals surface area contributed by atoms with Crippen LogP contribution in [0.15, 0.2) is 95.5 Å². The van der Waals surface area contributed by atoms with Gasteiger partial charge < -0.3 is 4.57 Å². The smallest absolute Gasteiger partial charge is 0.0568 e. The second-order valence-electron chi connectivity index (χ2n) is 6.84. The Morgan fingerprint density at radius 2 is 1.33 bits per heavy atom. The van der Waals surface area contributed by atoms with Crippen LogP contribution in [0.3, 0.4) is 0 Å². The van der Waals surface area contributed by atoms with Gasteiger partial charge in [0.25, 0.3) is 0 Å². The summed E-state index contributed by atoms with van der Waals surface area (Å²) in [6.07, 6.45) is 0. The highest BCUT2D eigenvalue weighted by atomic mass is 79.9. The van der Waals surface area contributed by atoms with Crippen LogP contribution in [-0.4, -0.2) is 4.57 Å². The normalized spacial score (nSPS) is 11.3. The van der Waals surface area contributed by atoms with E-state index in [9.17, 15) is 0 Å². The maximum atomic E-state index is 3.56. The van der Waals surface area contributed by atoms with Gasteiger partial charge in [-0.15, -0.1) is 0 Å². The molecule has 5 rings (SSSR count). The molecule has 1 nitrogen and oxygen atoms in total. The van der Waals surface area contributed by atoms with E-state index in [1.807, 2.05) is 0 Å². The zero-order valence-corrected chi connectivity index (χ0v) is 16.6. The molecule has 0 radical (unpaired) electrons. The summed E-state index contributed by atoms with van der Waals surface area (Å²) in [4.78, 5) is 0. The van der Waals surface area contributed by atoms with Crippen molar-refractivity contribution in [2.75, 3.05) is 0 Å². The van der Waals surface area contributed by atoms with Gasteiger partial charge in [0.2, 0.25) is 0 Å². The molecule has 0 fully saturated rings. The first-order valence-corrected chi connectivity index (χ1v) is 9.85. The Bertz CT molecular complexity index is 1260. The van der Waals surface area contributed by atoms with Crippen molar-refractivity contribution in [3.8, 4) is 22.4 Å². The van der Waals surface area contributed by atoms with Gasteiger partial charge in [-0.1, -0.05) is 94.8 Å². The molecule has 0 amide bonds. The maximum Gasteiger partial charge on any atom is 0.0568 e. The molecule has 1 aromatic heterocycles. The topological polar surface area (TPSA) is 4.93 Å². The molecule has 0 N–H and O–H groups in total. The average molecular weight is 412 g/mol. The Labute approximate surface area is 167 Å². The van der Waals surface area contributed by atoms with Crippen LogP contribution < -0.4 is 0 Å². The molecule has 5 aromatic rings. The summed E-state index contributed by atoms with van der Waals surface area (Å²) in [7, 11) is 2.18. The van der Waals surface area contributed by atoms with E-state index >= 15 is 0 Å². The predicted octanol–water partition coefficient (Wildman–Crippen LogP) is 7.43. The molecule has 0 spiro atoms. The van der Waals surface area contributed by atoms with E-state index in [0.717, 1.165) is 4.47 Å². The second kappa shape index (κ2) is 6.40. The Balaban J connectivity index is 1.96. The number of halogens is 1. The van der Waals surface area contributed by atoms with Crippen molar-refractivity contribution >= 4 is 37.6 Å². The lowest BCUT2D eigenvalue weighted by atomic mass is 9.97. The lowest BCUT2D eigenvalue weighted by molar-refractivity contribution is 0.983. The number of benzene rings is 4. The van der Waals surface area contributed by atoms with Crippen LogP contribution in [0.25, 0.3) is 44.1 Å². The van der Waals surface area contributed by atoms with Gasteiger partial charge in [0.15, 0.2) is 0 Å². The zero-order chi connectivity index (χ0) is 18.4. The van der Waals surface area contributed by atoms with Crippen molar-refractivity contribution in [3.63, 3.8) is 0 Å². The van der Waals surface area contributed by atoms with Crippen LogP contribution in [-0.2, 0) is 7.05 Å². The summed E-state index contributed by atoms with van der Waals surface area (Å²) in [5.74, 6) is 0. The van der Waals surface area contributed by atoms with Gasteiger partial charge in [-0.05, 0) is 28.6 Å². The third-order valence-electron chi connectivity index (χ3n) is 5.26. The highest BCUT2D eigenvalue weighted by Crippen LogP contribution is 2.42. The Morgan fingerprint density at radius 3 is 2.11 bits per heavy atom. The fraction of sp³-hybridized carbons (Fsp3) is 0.0400. The number of hydrogen-bond donors (Lipinski definition) is 0. The molecule has 0 saturated carbocycles. The summed E-state index contributed by atoms with van der Waals surface area (Å²) >= 11 is 3.56. The fourth-order valence-electron chi connectivity index (χ4n) is 4.07. The Morgan fingerprint density at radius 1 is 0.630 bits per heavy atom. The van der Waals surface area contributed by atoms with Gasteiger partial charge in [0.1, 0.15) is 0 Å². The molecule has 0 aliphatic carbocycles. The lowest BCUT2D eigenvalue weighted by Gasteiger charge is -2.09. The molecule has 130 valence electrons. The summed E-state index contributed by atoms with van der Waals surface area (Å²) in [6.45, 7) is 0.